The molecule has 4 rings (SSSR count). The number of amides is 1. The van der Waals surface area contributed by atoms with Gasteiger partial charge in [-0.1, -0.05) is 78.9 Å². The summed E-state index contributed by atoms with van der Waals surface area (Å²) in [5, 5.41) is -1.12. The van der Waals surface area contributed by atoms with Crippen LogP contribution in [0.4, 0.5) is 5.69 Å². The fraction of sp³-hybridized carbons (Fsp3) is 0.0800. The van der Waals surface area contributed by atoms with Gasteiger partial charge in [0.2, 0.25) is 9.84 Å². The quantitative estimate of drug-likeness (QED) is 0.547. The highest BCUT2D eigenvalue weighted by molar-refractivity contribution is 7.97. The maximum atomic E-state index is 13.5. The normalized spacial score (nSPS) is 19.3. The molecule has 3 aromatic carbocycles. The van der Waals surface area contributed by atoms with E-state index in [0.29, 0.717) is 17.0 Å². The van der Waals surface area contributed by atoms with E-state index in [0.717, 1.165) is 5.56 Å². The average Bonchev–Trinajstić information content (AvgIpc) is 3.00. The lowest BCUT2D eigenvalue weighted by atomic mass is 10.1. The van der Waals surface area contributed by atoms with Gasteiger partial charge >= 0.3 is 0 Å². The first-order valence-corrected chi connectivity index (χ1v) is 11.3. The number of carbonyl (C=O) groups excluding carboxylic acids is 1. The number of benzene rings is 3. The molecule has 0 aromatic heterocycles. The summed E-state index contributed by atoms with van der Waals surface area (Å²) in [6.45, 7) is 0. The van der Waals surface area contributed by atoms with Crippen molar-refractivity contribution >= 4 is 27.5 Å². The molecule has 1 aliphatic rings. The van der Waals surface area contributed by atoms with Crippen molar-refractivity contribution in [2.45, 2.75) is 5.37 Å². The van der Waals surface area contributed by atoms with Gasteiger partial charge < -0.3 is 4.74 Å². The van der Waals surface area contributed by atoms with E-state index >= 15 is 0 Å². The van der Waals surface area contributed by atoms with E-state index in [2.05, 4.69) is 0 Å². The predicted octanol–water partition coefficient (Wildman–Crippen LogP) is 4.75. The number of rotatable bonds is 5. The van der Waals surface area contributed by atoms with E-state index < -0.39 is 21.1 Å². The van der Waals surface area contributed by atoms with Gasteiger partial charge in [0.25, 0.3) is 5.91 Å². The van der Waals surface area contributed by atoms with Crippen molar-refractivity contribution in [1.29, 1.82) is 0 Å². The molecule has 0 bridgehead atoms. The molecule has 1 fully saturated rings. The van der Waals surface area contributed by atoms with Crippen LogP contribution in [0.15, 0.2) is 102 Å². The number of para-hydroxylation sites is 2. The highest BCUT2D eigenvalue weighted by Crippen LogP contribution is 2.42. The molecular weight excluding hydrogens is 410 g/mol. The maximum Gasteiger partial charge on any atom is 0.271 e. The Morgan fingerprint density at radius 1 is 0.871 bits per heavy atom. The first kappa shape index (κ1) is 20.6. The van der Waals surface area contributed by atoms with Gasteiger partial charge in [-0.3, -0.25) is 9.69 Å². The molecule has 1 atom stereocenters. The molecule has 31 heavy (non-hydrogen) atoms. The van der Waals surface area contributed by atoms with Crippen LogP contribution in [0.25, 0.3) is 6.08 Å². The Bertz CT molecular complexity index is 1250. The van der Waals surface area contributed by atoms with Crippen molar-refractivity contribution in [2.24, 2.45) is 0 Å². The fourth-order valence-electron chi connectivity index (χ4n) is 3.60. The summed E-state index contributed by atoms with van der Waals surface area (Å²) in [6, 6.07) is 25.0. The Kier molecular flexibility index (Phi) is 5.73. The third kappa shape index (κ3) is 3.90. The molecule has 0 aliphatic carbocycles. The number of hydrogen-bond acceptors (Lipinski definition) is 4. The van der Waals surface area contributed by atoms with Crippen LogP contribution in [0.5, 0.6) is 5.75 Å². The van der Waals surface area contributed by atoms with Crippen LogP contribution in [0, 0.1) is 0 Å². The smallest absolute Gasteiger partial charge is 0.271 e. The summed E-state index contributed by atoms with van der Waals surface area (Å²) in [5.41, 5.74) is 1.85. The van der Waals surface area contributed by atoms with Gasteiger partial charge in [0.1, 0.15) is 10.7 Å². The van der Waals surface area contributed by atoms with Gasteiger partial charge in [0.05, 0.1) is 7.11 Å². The maximum absolute atomic E-state index is 13.5. The minimum absolute atomic E-state index is 0.239. The molecule has 1 saturated heterocycles. The molecule has 1 amide bonds. The molecule has 1 unspecified atom stereocenters. The number of sulfone groups is 1. The van der Waals surface area contributed by atoms with Crippen molar-refractivity contribution in [1.82, 2.24) is 0 Å². The standard InChI is InChI=1S/C25H21NO4S/c1-30-22-17-9-8-11-19(22)14-10-18-23-24(27)26(21-15-6-3-7-16-21)25(31(23,28)29)20-12-4-2-5-13-20/h2-18,25H,1H3/b14-10+,23-18-. The number of anilines is 1. The van der Waals surface area contributed by atoms with Crippen LogP contribution in [0.2, 0.25) is 0 Å². The second kappa shape index (κ2) is 8.62. The van der Waals surface area contributed by atoms with Gasteiger partial charge in [-0.2, -0.15) is 0 Å². The number of nitrogens with zero attached hydrogens (tertiary/aromatic N) is 1. The van der Waals surface area contributed by atoms with Crippen LogP contribution < -0.4 is 9.64 Å². The molecule has 1 aliphatic heterocycles. The lowest BCUT2D eigenvalue weighted by Crippen LogP contribution is -2.28. The summed E-state index contributed by atoms with van der Waals surface area (Å²) < 4.78 is 32.2. The highest BCUT2D eigenvalue weighted by Gasteiger charge is 2.49. The van der Waals surface area contributed by atoms with Gasteiger partial charge in [0.15, 0.2) is 5.37 Å². The lowest BCUT2D eigenvalue weighted by Gasteiger charge is -2.23. The Hall–Kier alpha value is -3.64. The van der Waals surface area contributed by atoms with Crippen LogP contribution in [0.3, 0.4) is 0 Å². The first-order chi connectivity index (χ1) is 15.0. The summed E-state index contributed by atoms with van der Waals surface area (Å²) in [6.07, 6.45) is 4.65. The predicted molar refractivity (Wildman–Crippen MR) is 122 cm³/mol. The van der Waals surface area contributed by atoms with Crippen molar-refractivity contribution in [3.63, 3.8) is 0 Å². The van der Waals surface area contributed by atoms with Crippen molar-refractivity contribution in [3.8, 4) is 5.75 Å². The molecule has 6 heteroatoms. The minimum Gasteiger partial charge on any atom is -0.496 e. The number of carbonyl (C=O) groups is 1. The van der Waals surface area contributed by atoms with E-state index in [1.165, 1.54) is 11.0 Å². The van der Waals surface area contributed by atoms with Gasteiger partial charge in [0, 0.05) is 11.3 Å². The van der Waals surface area contributed by atoms with Crippen molar-refractivity contribution < 1.29 is 17.9 Å². The van der Waals surface area contributed by atoms with E-state index in [1.807, 2.05) is 36.4 Å². The zero-order valence-electron chi connectivity index (χ0n) is 16.9. The average molecular weight is 432 g/mol. The van der Waals surface area contributed by atoms with Crippen LogP contribution in [-0.4, -0.2) is 21.4 Å². The lowest BCUT2D eigenvalue weighted by molar-refractivity contribution is -0.114. The molecule has 0 N–H and O–H groups in total. The van der Waals surface area contributed by atoms with Gasteiger partial charge in [-0.15, -0.1) is 0 Å². The molecule has 0 radical (unpaired) electrons. The molecule has 156 valence electrons. The topological polar surface area (TPSA) is 63.7 Å². The third-order valence-electron chi connectivity index (χ3n) is 5.05. The van der Waals surface area contributed by atoms with Crippen LogP contribution >= 0.6 is 0 Å². The van der Waals surface area contributed by atoms with E-state index in [1.54, 1.807) is 67.8 Å². The summed E-state index contributed by atoms with van der Waals surface area (Å²) in [4.78, 5) is 14.4. The zero-order chi connectivity index (χ0) is 21.8. The van der Waals surface area contributed by atoms with E-state index in [-0.39, 0.29) is 4.91 Å². The molecule has 0 saturated carbocycles. The minimum atomic E-state index is -3.94. The van der Waals surface area contributed by atoms with Gasteiger partial charge in [-0.25, -0.2) is 8.42 Å². The Balaban J connectivity index is 1.79. The van der Waals surface area contributed by atoms with Crippen LogP contribution in [0.1, 0.15) is 16.5 Å². The van der Waals surface area contributed by atoms with Crippen LogP contribution in [-0.2, 0) is 14.6 Å². The fourth-order valence-corrected chi connectivity index (χ4v) is 5.46. The van der Waals surface area contributed by atoms with E-state index in [9.17, 15) is 13.2 Å². The molecule has 1 heterocycles. The number of methoxy groups -OCH3 is 1. The Labute approximate surface area is 181 Å². The summed E-state index contributed by atoms with van der Waals surface area (Å²) >= 11 is 0. The summed E-state index contributed by atoms with van der Waals surface area (Å²) in [7, 11) is -2.37. The third-order valence-corrected chi connectivity index (χ3v) is 7.04. The molecule has 5 nitrogen and oxygen atoms in total. The van der Waals surface area contributed by atoms with Gasteiger partial charge in [-0.05, 0) is 29.8 Å². The number of allylic oxidation sites excluding steroid dienone is 2. The van der Waals surface area contributed by atoms with Crippen molar-refractivity contribution in [2.75, 3.05) is 12.0 Å². The number of ether oxygens (including phenoxy) is 1. The second-order valence-corrected chi connectivity index (χ2v) is 8.93. The second-order valence-electron chi connectivity index (χ2n) is 6.95. The molecular formula is C25H21NO4S. The Morgan fingerprint density at radius 2 is 1.48 bits per heavy atom. The highest BCUT2D eigenvalue weighted by atomic mass is 32.2. The molecule has 3 aromatic rings. The summed E-state index contributed by atoms with van der Waals surface area (Å²) in [5.74, 6) is 0.107. The van der Waals surface area contributed by atoms with Crippen molar-refractivity contribution in [3.05, 3.63) is 113 Å². The number of hydrogen-bond donors (Lipinski definition) is 0. The monoisotopic (exact) mass is 431 g/mol. The largest absolute Gasteiger partial charge is 0.496 e. The Morgan fingerprint density at radius 3 is 2.16 bits per heavy atom. The zero-order valence-corrected chi connectivity index (χ0v) is 17.7. The first-order valence-electron chi connectivity index (χ1n) is 9.73. The molecule has 0 spiro atoms. The van der Waals surface area contributed by atoms with E-state index in [4.69, 9.17) is 4.74 Å². The SMILES string of the molecule is COc1ccccc1/C=C/C=C1/C(=O)N(c2ccccc2)C(c2ccccc2)S1(=O)=O.